The molecular formula is C13H13N5O2S. The van der Waals surface area contributed by atoms with Gasteiger partial charge in [-0.2, -0.15) is 4.52 Å². The van der Waals surface area contributed by atoms with Gasteiger partial charge in [0.15, 0.2) is 0 Å². The fourth-order valence-electron chi connectivity index (χ4n) is 1.75. The maximum atomic E-state index is 12.2. The lowest BCUT2D eigenvalue weighted by atomic mass is 10.3. The van der Waals surface area contributed by atoms with Crippen LogP contribution >= 0.6 is 11.3 Å². The molecule has 0 unspecified atom stereocenters. The molecule has 1 N–H and O–H groups in total. The number of anilines is 1. The lowest BCUT2D eigenvalue weighted by molar-refractivity contribution is 0.102. The lowest BCUT2D eigenvalue weighted by Crippen LogP contribution is -2.14. The van der Waals surface area contributed by atoms with Crippen LogP contribution in [-0.4, -0.2) is 31.8 Å². The maximum Gasteiger partial charge on any atom is 0.286 e. The van der Waals surface area contributed by atoms with Crippen LogP contribution in [-0.2, 0) is 0 Å². The quantitative estimate of drug-likeness (QED) is 0.799. The number of fused-ring (bicyclic) bond motifs is 1. The molecule has 0 aliphatic heterocycles. The number of nitrogens with one attached hydrogen (secondary N) is 1. The Bertz CT molecular complexity index is 751. The number of hydrogen-bond acceptors (Lipinski definition) is 6. The minimum atomic E-state index is -0.301. The SMILES string of the molecule is CC(C)Oc1ccccc1NC(=O)c1nn2cnnc2s1. The van der Waals surface area contributed by atoms with Crippen molar-refractivity contribution in [3.8, 4) is 5.75 Å². The van der Waals surface area contributed by atoms with Gasteiger partial charge in [0.05, 0.1) is 11.8 Å². The Labute approximate surface area is 124 Å². The molecular weight excluding hydrogens is 290 g/mol. The van der Waals surface area contributed by atoms with Gasteiger partial charge in [-0.1, -0.05) is 23.5 Å². The highest BCUT2D eigenvalue weighted by Gasteiger charge is 2.15. The van der Waals surface area contributed by atoms with Gasteiger partial charge in [-0.15, -0.1) is 15.3 Å². The van der Waals surface area contributed by atoms with E-state index >= 15 is 0 Å². The van der Waals surface area contributed by atoms with Crippen molar-refractivity contribution in [2.24, 2.45) is 0 Å². The number of carbonyl (C=O) groups is 1. The van der Waals surface area contributed by atoms with E-state index in [-0.39, 0.29) is 12.0 Å². The van der Waals surface area contributed by atoms with Crippen molar-refractivity contribution in [1.29, 1.82) is 0 Å². The second-order valence-corrected chi connectivity index (χ2v) is 5.54. The average molecular weight is 303 g/mol. The molecule has 3 aromatic rings. The zero-order valence-electron chi connectivity index (χ0n) is 11.5. The van der Waals surface area contributed by atoms with Crippen molar-refractivity contribution in [2.75, 3.05) is 5.32 Å². The van der Waals surface area contributed by atoms with Gasteiger partial charge in [0.25, 0.3) is 5.91 Å². The standard InChI is InChI=1S/C13H13N5O2S/c1-8(2)20-10-6-4-3-5-9(10)15-11(19)12-17-18-7-14-16-13(18)21-12/h3-8H,1-2H3,(H,15,19). The highest BCUT2D eigenvalue weighted by molar-refractivity contribution is 7.18. The topological polar surface area (TPSA) is 81.4 Å². The van der Waals surface area contributed by atoms with Crippen molar-refractivity contribution in [1.82, 2.24) is 19.8 Å². The zero-order valence-corrected chi connectivity index (χ0v) is 12.3. The highest BCUT2D eigenvalue weighted by atomic mass is 32.1. The van der Waals surface area contributed by atoms with Crippen molar-refractivity contribution < 1.29 is 9.53 Å². The summed E-state index contributed by atoms with van der Waals surface area (Å²) in [6.45, 7) is 3.86. The van der Waals surface area contributed by atoms with E-state index in [0.29, 0.717) is 21.4 Å². The van der Waals surface area contributed by atoms with Crippen LogP contribution < -0.4 is 10.1 Å². The number of carbonyl (C=O) groups excluding carboxylic acids is 1. The van der Waals surface area contributed by atoms with Crippen molar-refractivity contribution >= 4 is 27.9 Å². The molecule has 0 saturated heterocycles. The number of hydrogen-bond donors (Lipinski definition) is 1. The summed E-state index contributed by atoms with van der Waals surface area (Å²) in [6.07, 6.45) is 1.48. The van der Waals surface area contributed by atoms with Crippen LogP contribution in [0.15, 0.2) is 30.6 Å². The Balaban J connectivity index is 1.82. The molecule has 1 aromatic carbocycles. The van der Waals surface area contributed by atoms with Gasteiger partial charge in [-0.3, -0.25) is 4.79 Å². The first kappa shape index (κ1) is 13.5. The van der Waals surface area contributed by atoms with Crippen LogP contribution in [0.3, 0.4) is 0 Å². The average Bonchev–Trinajstić information content (AvgIpc) is 3.01. The highest BCUT2D eigenvalue weighted by Crippen LogP contribution is 2.25. The van der Waals surface area contributed by atoms with E-state index in [2.05, 4.69) is 20.6 Å². The molecule has 3 rings (SSSR count). The van der Waals surface area contributed by atoms with Crippen LogP contribution in [0, 0.1) is 0 Å². The summed E-state index contributed by atoms with van der Waals surface area (Å²) in [5, 5.41) is 14.8. The fourth-order valence-corrected chi connectivity index (χ4v) is 2.47. The van der Waals surface area contributed by atoms with Crippen molar-refractivity contribution in [3.05, 3.63) is 35.6 Å². The Morgan fingerprint density at radius 3 is 2.95 bits per heavy atom. The monoisotopic (exact) mass is 303 g/mol. The van der Waals surface area contributed by atoms with E-state index in [9.17, 15) is 4.79 Å². The number of ether oxygens (including phenoxy) is 1. The summed E-state index contributed by atoms with van der Waals surface area (Å²) in [5.41, 5.74) is 0.613. The van der Waals surface area contributed by atoms with Crippen LogP contribution in [0.5, 0.6) is 5.75 Å². The molecule has 0 atom stereocenters. The normalized spacial score (nSPS) is 11.0. The number of aromatic nitrogens is 4. The number of amides is 1. The van der Waals surface area contributed by atoms with Gasteiger partial charge in [0, 0.05) is 0 Å². The molecule has 0 aliphatic carbocycles. The van der Waals surface area contributed by atoms with E-state index in [4.69, 9.17) is 4.74 Å². The molecule has 1 amide bonds. The van der Waals surface area contributed by atoms with E-state index in [1.165, 1.54) is 22.2 Å². The summed E-state index contributed by atoms with van der Waals surface area (Å²) in [7, 11) is 0. The van der Waals surface area contributed by atoms with Crippen LogP contribution in [0.25, 0.3) is 4.96 Å². The summed E-state index contributed by atoms with van der Waals surface area (Å²) >= 11 is 1.18. The van der Waals surface area contributed by atoms with E-state index in [1.54, 1.807) is 6.07 Å². The van der Waals surface area contributed by atoms with Gasteiger partial charge in [0.2, 0.25) is 9.97 Å². The molecule has 108 valence electrons. The van der Waals surface area contributed by atoms with Gasteiger partial charge < -0.3 is 10.1 Å². The second-order valence-electron chi connectivity index (χ2n) is 4.58. The second kappa shape index (κ2) is 5.49. The molecule has 2 heterocycles. The Morgan fingerprint density at radius 2 is 2.19 bits per heavy atom. The predicted molar refractivity (Wildman–Crippen MR) is 78.8 cm³/mol. The first-order valence-corrected chi connectivity index (χ1v) is 7.19. The summed E-state index contributed by atoms with van der Waals surface area (Å²) in [4.78, 5) is 12.8. The molecule has 0 spiro atoms. The number of rotatable bonds is 4. The maximum absolute atomic E-state index is 12.2. The lowest BCUT2D eigenvalue weighted by Gasteiger charge is -2.14. The largest absolute Gasteiger partial charge is 0.489 e. The van der Waals surface area contributed by atoms with E-state index in [1.807, 2.05) is 32.0 Å². The van der Waals surface area contributed by atoms with Crippen LogP contribution in [0.2, 0.25) is 0 Å². The van der Waals surface area contributed by atoms with Gasteiger partial charge in [0.1, 0.15) is 12.1 Å². The Hall–Kier alpha value is -2.48. The molecule has 21 heavy (non-hydrogen) atoms. The predicted octanol–water partition coefficient (Wildman–Crippen LogP) is 2.23. The molecule has 2 aromatic heterocycles. The summed E-state index contributed by atoms with van der Waals surface area (Å²) in [5.74, 6) is 0.328. The minimum Gasteiger partial charge on any atom is -0.489 e. The third-order valence-electron chi connectivity index (χ3n) is 2.58. The number of benzene rings is 1. The van der Waals surface area contributed by atoms with Gasteiger partial charge in [-0.05, 0) is 26.0 Å². The smallest absolute Gasteiger partial charge is 0.286 e. The minimum absolute atomic E-state index is 0.0253. The van der Waals surface area contributed by atoms with E-state index < -0.39 is 0 Å². The molecule has 0 saturated carbocycles. The Kier molecular flexibility index (Phi) is 3.53. The summed E-state index contributed by atoms with van der Waals surface area (Å²) in [6, 6.07) is 7.29. The zero-order chi connectivity index (χ0) is 14.8. The number of nitrogens with zero attached hydrogens (tertiary/aromatic N) is 4. The molecule has 8 heteroatoms. The van der Waals surface area contributed by atoms with Gasteiger partial charge in [-0.25, -0.2) is 0 Å². The molecule has 7 nitrogen and oxygen atoms in total. The van der Waals surface area contributed by atoms with Crippen molar-refractivity contribution in [2.45, 2.75) is 20.0 Å². The first-order chi connectivity index (χ1) is 10.1. The van der Waals surface area contributed by atoms with Crippen molar-refractivity contribution in [3.63, 3.8) is 0 Å². The van der Waals surface area contributed by atoms with Crippen LogP contribution in [0.4, 0.5) is 5.69 Å². The van der Waals surface area contributed by atoms with Gasteiger partial charge >= 0.3 is 0 Å². The number of para-hydroxylation sites is 2. The third kappa shape index (κ3) is 2.84. The Morgan fingerprint density at radius 1 is 1.38 bits per heavy atom. The molecule has 0 bridgehead atoms. The first-order valence-electron chi connectivity index (χ1n) is 6.37. The molecule has 0 aliphatic rings. The van der Waals surface area contributed by atoms with Crippen LogP contribution in [0.1, 0.15) is 23.6 Å². The summed E-state index contributed by atoms with van der Waals surface area (Å²) < 4.78 is 7.14. The molecule has 0 fully saturated rings. The molecule has 0 radical (unpaired) electrons. The fraction of sp³-hybridized carbons (Fsp3) is 0.231. The third-order valence-corrected chi connectivity index (χ3v) is 3.49. The van der Waals surface area contributed by atoms with E-state index in [0.717, 1.165) is 0 Å².